The quantitative estimate of drug-likeness (QED) is 0.471. The molecule has 0 saturated carbocycles. The Bertz CT molecular complexity index is 1300. The second kappa shape index (κ2) is 8.56. The molecule has 32 heavy (non-hydrogen) atoms. The fourth-order valence-corrected chi connectivity index (χ4v) is 4.44. The third-order valence-electron chi connectivity index (χ3n) is 5.35. The highest BCUT2D eigenvalue weighted by molar-refractivity contribution is 7.84. The Morgan fingerprint density at radius 1 is 1.12 bits per heavy atom. The highest BCUT2D eigenvalue weighted by Gasteiger charge is 2.21. The number of benzene rings is 1. The number of carbonyl (C=O) groups is 1. The first-order chi connectivity index (χ1) is 15.6. The monoisotopic (exact) mass is 448 g/mol. The van der Waals surface area contributed by atoms with Crippen molar-refractivity contribution < 1.29 is 13.7 Å². The molecule has 0 radical (unpaired) electrons. The SMILES string of the molecule is CS(=O)c1cn(-c2ncc(-c3cccnn3)cn2)c2cc(C(=O)N3CCOCC3)ccc12. The van der Waals surface area contributed by atoms with Gasteiger partial charge in [0.2, 0.25) is 5.95 Å². The lowest BCUT2D eigenvalue weighted by Gasteiger charge is -2.26. The maximum absolute atomic E-state index is 13.0. The minimum absolute atomic E-state index is 0.0546. The summed E-state index contributed by atoms with van der Waals surface area (Å²) in [7, 11) is -1.22. The number of hydrogen-bond donors (Lipinski definition) is 0. The van der Waals surface area contributed by atoms with E-state index in [1.54, 1.807) is 52.6 Å². The van der Waals surface area contributed by atoms with Gasteiger partial charge in [0.15, 0.2) is 0 Å². The van der Waals surface area contributed by atoms with Crippen LogP contribution in [0.1, 0.15) is 10.4 Å². The van der Waals surface area contributed by atoms with Gasteiger partial charge in [-0.25, -0.2) is 9.97 Å². The predicted octanol–water partition coefficient (Wildman–Crippen LogP) is 2.09. The molecule has 162 valence electrons. The summed E-state index contributed by atoms with van der Waals surface area (Å²) in [6.07, 6.45) is 8.34. The molecule has 3 aromatic heterocycles. The Kier molecular flexibility index (Phi) is 5.46. The molecule has 0 bridgehead atoms. The van der Waals surface area contributed by atoms with Crippen LogP contribution in [-0.4, -0.2) is 72.3 Å². The molecule has 1 aliphatic heterocycles. The van der Waals surface area contributed by atoms with Crippen LogP contribution in [0, 0.1) is 0 Å². The Balaban J connectivity index is 1.57. The molecule has 1 saturated heterocycles. The van der Waals surface area contributed by atoms with Crippen LogP contribution in [0.25, 0.3) is 28.1 Å². The molecule has 1 atom stereocenters. The molecule has 1 aliphatic rings. The molecule has 4 heterocycles. The molecule has 0 N–H and O–H groups in total. The van der Waals surface area contributed by atoms with E-state index < -0.39 is 10.8 Å². The van der Waals surface area contributed by atoms with Crippen LogP contribution in [0.15, 0.2) is 60.0 Å². The fourth-order valence-electron chi connectivity index (χ4n) is 3.71. The average molecular weight is 449 g/mol. The van der Waals surface area contributed by atoms with Crippen molar-refractivity contribution >= 4 is 27.6 Å². The minimum Gasteiger partial charge on any atom is -0.378 e. The first kappa shape index (κ1) is 20.4. The van der Waals surface area contributed by atoms with Gasteiger partial charge in [0.05, 0.1) is 40.1 Å². The van der Waals surface area contributed by atoms with Gasteiger partial charge >= 0.3 is 0 Å². The predicted molar refractivity (Wildman–Crippen MR) is 119 cm³/mol. The summed E-state index contributed by atoms with van der Waals surface area (Å²) in [5.74, 6) is 0.358. The van der Waals surface area contributed by atoms with E-state index in [-0.39, 0.29) is 5.91 Å². The molecule has 9 nitrogen and oxygen atoms in total. The van der Waals surface area contributed by atoms with Crippen LogP contribution in [0.5, 0.6) is 0 Å². The first-order valence-electron chi connectivity index (χ1n) is 10.1. The number of carbonyl (C=O) groups excluding carboxylic acids is 1. The summed E-state index contributed by atoms with van der Waals surface area (Å²) in [6.45, 7) is 2.20. The van der Waals surface area contributed by atoms with Crippen molar-refractivity contribution in [1.29, 1.82) is 0 Å². The summed E-state index contributed by atoms with van der Waals surface area (Å²) in [4.78, 5) is 24.4. The minimum atomic E-state index is -1.22. The number of aromatic nitrogens is 5. The highest BCUT2D eigenvalue weighted by Crippen LogP contribution is 2.28. The average Bonchev–Trinajstić information content (AvgIpc) is 3.24. The van der Waals surface area contributed by atoms with E-state index in [4.69, 9.17) is 4.74 Å². The topological polar surface area (TPSA) is 103 Å². The van der Waals surface area contributed by atoms with Crippen molar-refractivity contribution in [1.82, 2.24) is 29.6 Å². The maximum Gasteiger partial charge on any atom is 0.254 e. The number of nitrogens with zero attached hydrogens (tertiary/aromatic N) is 6. The van der Waals surface area contributed by atoms with Crippen LogP contribution >= 0.6 is 0 Å². The Hall–Kier alpha value is -3.50. The van der Waals surface area contributed by atoms with Gasteiger partial charge in [0.1, 0.15) is 0 Å². The van der Waals surface area contributed by atoms with Gasteiger partial charge in [-0.15, -0.1) is 0 Å². The number of rotatable bonds is 4. The third-order valence-corrected chi connectivity index (χ3v) is 6.29. The van der Waals surface area contributed by atoms with E-state index in [1.807, 2.05) is 18.2 Å². The zero-order chi connectivity index (χ0) is 22.1. The first-order valence-corrected chi connectivity index (χ1v) is 11.6. The summed E-state index contributed by atoms with van der Waals surface area (Å²) < 4.78 is 19.5. The van der Waals surface area contributed by atoms with E-state index in [0.29, 0.717) is 48.4 Å². The van der Waals surface area contributed by atoms with Crippen LogP contribution in [-0.2, 0) is 15.5 Å². The molecule has 1 unspecified atom stereocenters. The molecule has 1 aromatic carbocycles. The zero-order valence-electron chi connectivity index (χ0n) is 17.3. The lowest BCUT2D eigenvalue weighted by Crippen LogP contribution is -2.40. The van der Waals surface area contributed by atoms with Gasteiger partial charge in [-0.05, 0) is 24.3 Å². The summed E-state index contributed by atoms with van der Waals surface area (Å²) >= 11 is 0. The van der Waals surface area contributed by atoms with Gasteiger partial charge in [-0.2, -0.15) is 10.2 Å². The van der Waals surface area contributed by atoms with Crippen LogP contribution in [0.2, 0.25) is 0 Å². The molecule has 0 spiro atoms. The summed E-state index contributed by atoms with van der Waals surface area (Å²) in [6, 6.07) is 9.05. The van der Waals surface area contributed by atoms with Crippen molar-refractivity contribution in [2.45, 2.75) is 4.90 Å². The number of hydrogen-bond acceptors (Lipinski definition) is 7. The van der Waals surface area contributed by atoms with Crippen molar-refractivity contribution in [3.05, 3.63) is 60.7 Å². The van der Waals surface area contributed by atoms with E-state index in [2.05, 4.69) is 20.2 Å². The lowest BCUT2D eigenvalue weighted by molar-refractivity contribution is 0.0303. The second-order valence-electron chi connectivity index (χ2n) is 7.33. The van der Waals surface area contributed by atoms with Crippen molar-refractivity contribution in [2.75, 3.05) is 32.6 Å². The Morgan fingerprint density at radius 2 is 1.91 bits per heavy atom. The molecular weight excluding hydrogens is 428 g/mol. The van der Waals surface area contributed by atoms with Crippen LogP contribution in [0.3, 0.4) is 0 Å². The standard InChI is InChI=1S/C22H20N6O3S/c1-32(30)20-14-28(22-23-12-16(13-24-22)18-3-2-6-25-26-18)19-11-15(4-5-17(19)20)21(29)27-7-9-31-10-8-27/h2-6,11-14H,7-10H2,1H3. The molecule has 5 rings (SSSR count). The number of amides is 1. The highest BCUT2D eigenvalue weighted by atomic mass is 32.2. The molecule has 1 fully saturated rings. The van der Waals surface area contributed by atoms with E-state index in [1.165, 1.54) is 0 Å². The third kappa shape index (κ3) is 3.78. The normalized spacial score (nSPS) is 15.1. The molecule has 0 aliphatic carbocycles. The Morgan fingerprint density at radius 3 is 2.59 bits per heavy atom. The van der Waals surface area contributed by atoms with Gasteiger partial charge in [-0.1, -0.05) is 6.07 Å². The van der Waals surface area contributed by atoms with Crippen molar-refractivity contribution in [3.63, 3.8) is 0 Å². The number of ether oxygens (including phenoxy) is 1. The smallest absolute Gasteiger partial charge is 0.254 e. The van der Waals surface area contributed by atoms with Gasteiger partial charge in [-0.3, -0.25) is 13.6 Å². The Labute approximate surface area is 186 Å². The van der Waals surface area contributed by atoms with Crippen molar-refractivity contribution in [3.8, 4) is 17.2 Å². The molecular formula is C22H20N6O3S. The molecule has 1 amide bonds. The number of morpholine rings is 1. The van der Waals surface area contributed by atoms with E-state index >= 15 is 0 Å². The molecule has 10 heteroatoms. The number of fused-ring (bicyclic) bond motifs is 1. The zero-order valence-corrected chi connectivity index (χ0v) is 18.2. The second-order valence-corrected chi connectivity index (χ2v) is 8.68. The van der Waals surface area contributed by atoms with E-state index in [9.17, 15) is 9.00 Å². The van der Waals surface area contributed by atoms with E-state index in [0.717, 1.165) is 16.5 Å². The molecule has 4 aromatic rings. The van der Waals surface area contributed by atoms with Gasteiger partial charge in [0, 0.05) is 60.6 Å². The van der Waals surface area contributed by atoms with Gasteiger partial charge in [0.25, 0.3) is 5.91 Å². The largest absolute Gasteiger partial charge is 0.378 e. The fraction of sp³-hybridized carbons (Fsp3) is 0.227. The maximum atomic E-state index is 13.0. The van der Waals surface area contributed by atoms with Crippen LogP contribution < -0.4 is 0 Å². The summed E-state index contributed by atoms with van der Waals surface area (Å²) in [5, 5.41) is 8.75. The summed E-state index contributed by atoms with van der Waals surface area (Å²) in [5.41, 5.74) is 2.69. The lowest BCUT2D eigenvalue weighted by atomic mass is 10.1. The van der Waals surface area contributed by atoms with Crippen molar-refractivity contribution in [2.24, 2.45) is 0 Å². The van der Waals surface area contributed by atoms with Gasteiger partial charge < -0.3 is 9.64 Å². The van der Waals surface area contributed by atoms with Crippen LogP contribution in [0.4, 0.5) is 0 Å².